The van der Waals surface area contributed by atoms with Crippen LogP contribution in [0.4, 0.5) is 0 Å². The van der Waals surface area contributed by atoms with Gasteiger partial charge in [-0.05, 0) is 50.4 Å². The van der Waals surface area contributed by atoms with E-state index in [1.54, 1.807) is 0 Å². The van der Waals surface area contributed by atoms with E-state index >= 15 is 0 Å². The standard InChI is InChI=1S/C18H35NO2/c1-13(2)16-8-7-14(3)12-18(16)21-11-9-19-15(4)17-6-5-10-20-17/h13-19H,5-12H2,1-4H3. The van der Waals surface area contributed by atoms with Crippen LogP contribution in [0.25, 0.3) is 0 Å². The molecule has 1 saturated carbocycles. The number of ether oxygens (including phenoxy) is 2. The summed E-state index contributed by atoms with van der Waals surface area (Å²) >= 11 is 0. The first-order valence-electron chi connectivity index (χ1n) is 9.04. The van der Waals surface area contributed by atoms with Gasteiger partial charge in [0.15, 0.2) is 0 Å². The van der Waals surface area contributed by atoms with Gasteiger partial charge in [-0.2, -0.15) is 0 Å². The van der Waals surface area contributed by atoms with Crippen LogP contribution in [-0.2, 0) is 9.47 Å². The van der Waals surface area contributed by atoms with Crippen molar-refractivity contribution in [3.05, 3.63) is 0 Å². The Morgan fingerprint density at radius 1 is 1.19 bits per heavy atom. The van der Waals surface area contributed by atoms with Crippen molar-refractivity contribution in [2.24, 2.45) is 17.8 Å². The van der Waals surface area contributed by atoms with Crippen molar-refractivity contribution in [2.75, 3.05) is 19.8 Å². The predicted octanol–water partition coefficient (Wildman–Crippen LogP) is 3.62. The minimum atomic E-state index is 0.406. The molecule has 1 aliphatic heterocycles. The van der Waals surface area contributed by atoms with E-state index in [2.05, 4.69) is 33.0 Å². The summed E-state index contributed by atoms with van der Waals surface area (Å²) < 4.78 is 12.0. The maximum Gasteiger partial charge on any atom is 0.0726 e. The molecule has 2 fully saturated rings. The van der Waals surface area contributed by atoms with Crippen LogP contribution in [0.1, 0.15) is 59.8 Å². The molecule has 1 saturated heterocycles. The second-order valence-corrected chi connectivity index (χ2v) is 7.53. The summed E-state index contributed by atoms with van der Waals surface area (Å²) in [6, 6.07) is 0.447. The Kier molecular flexibility index (Phi) is 6.97. The molecule has 2 aliphatic rings. The Labute approximate surface area is 131 Å². The summed E-state index contributed by atoms with van der Waals surface area (Å²) in [6.07, 6.45) is 7.23. The van der Waals surface area contributed by atoms with E-state index in [0.29, 0.717) is 18.2 Å². The molecule has 0 amide bonds. The van der Waals surface area contributed by atoms with Crippen molar-refractivity contribution in [3.63, 3.8) is 0 Å². The van der Waals surface area contributed by atoms with Gasteiger partial charge in [0.2, 0.25) is 0 Å². The van der Waals surface area contributed by atoms with Crippen LogP contribution >= 0.6 is 0 Å². The Balaban J connectivity index is 1.66. The molecule has 0 aromatic rings. The first-order chi connectivity index (χ1) is 10.1. The third-order valence-electron chi connectivity index (χ3n) is 5.38. The van der Waals surface area contributed by atoms with E-state index in [0.717, 1.165) is 37.5 Å². The highest BCUT2D eigenvalue weighted by molar-refractivity contribution is 4.82. The highest BCUT2D eigenvalue weighted by atomic mass is 16.5. The van der Waals surface area contributed by atoms with Gasteiger partial charge in [0.25, 0.3) is 0 Å². The van der Waals surface area contributed by atoms with Crippen LogP contribution in [0, 0.1) is 17.8 Å². The van der Waals surface area contributed by atoms with Crippen LogP contribution in [0.3, 0.4) is 0 Å². The van der Waals surface area contributed by atoms with E-state index in [1.807, 2.05) is 0 Å². The first-order valence-corrected chi connectivity index (χ1v) is 9.04. The topological polar surface area (TPSA) is 30.5 Å². The van der Waals surface area contributed by atoms with E-state index in [4.69, 9.17) is 9.47 Å². The molecule has 1 heterocycles. The molecule has 124 valence electrons. The largest absolute Gasteiger partial charge is 0.377 e. The fraction of sp³-hybridized carbons (Fsp3) is 1.00. The van der Waals surface area contributed by atoms with E-state index < -0.39 is 0 Å². The van der Waals surface area contributed by atoms with Crippen LogP contribution in [0.5, 0.6) is 0 Å². The molecule has 0 spiro atoms. The van der Waals surface area contributed by atoms with Gasteiger partial charge in [-0.1, -0.05) is 27.2 Å². The van der Waals surface area contributed by atoms with E-state index in [-0.39, 0.29) is 0 Å². The summed E-state index contributed by atoms with van der Waals surface area (Å²) in [5.41, 5.74) is 0. The number of hydrogen-bond donors (Lipinski definition) is 1. The summed E-state index contributed by atoms with van der Waals surface area (Å²) in [7, 11) is 0. The minimum absolute atomic E-state index is 0.406. The molecule has 2 rings (SSSR count). The Hall–Kier alpha value is -0.120. The molecule has 5 atom stereocenters. The maximum absolute atomic E-state index is 6.24. The minimum Gasteiger partial charge on any atom is -0.377 e. The van der Waals surface area contributed by atoms with Crippen molar-refractivity contribution in [3.8, 4) is 0 Å². The smallest absolute Gasteiger partial charge is 0.0726 e. The van der Waals surface area contributed by atoms with Gasteiger partial charge in [-0.3, -0.25) is 0 Å². The zero-order chi connectivity index (χ0) is 15.2. The van der Waals surface area contributed by atoms with Gasteiger partial charge in [0.1, 0.15) is 0 Å². The lowest BCUT2D eigenvalue weighted by molar-refractivity contribution is -0.0381. The highest BCUT2D eigenvalue weighted by Crippen LogP contribution is 2.35. The van der Waals surface area contributed by atoms with Crippen LogP contribution in [0.2, 0.25) is 0 Å². The second-order valence-electron chi connectivity index (χ2n) is 7.53. The summed E-state index contributed by atoms with van der Waals surface area (Å²) in [5, 5.41) is 3.57. The monoisotopic (exact) mass is 297 g/mol. The van der Waals surface area contributed by atoms with Crippen molar-refractivity contribution < 1.29 is 9.47 Å². The van der Waals surface area contributed by atoms with Gasteiger partial charge < -0.3 is 14.8 Å². The fourth-order valence-electron chi connectivity index (χ4n) is 3.93. The van der Waals surface area contributed by atoms with E-state index in [9.17, 15) is 0 Å². The molecule has 1 N–H and O–H groups in total. The molecule has 1 aliphatic carbocycles. The summed E-state index contributed by atoms with van der Waals surface area (Å²) in [6.45, 7) is 12.0. The normalized spacial score (nSPS) is 35.3. The third kappa shape index (κ3) is 5.22. The summed E-state index contributed by atoms with van der Waals surface area (Å²) in [4.78, 5) is 0. The van der Waals surface area contributed by atoms with Gasteiger partial charge >= 0.3 is 0 Å². The molecule has 3 heteroatoms. The third-order valence-corrected chi connectivity index (χ3v) is 5.38. The molecule has 0 radical (unpaired) electrons. The van der Waals surface area contributed by atoms with Gasteiger partial charge in [-0.15, -0.1) is 0 Å². The van der Waals surface area contributed by atoms with Gasteiger partial charge in [0, 0.05) is 19.2 Å². The Morgan fingerprint density at radius 3 is 2.67 bits per heavy atom. The molecular weight excluding hydrogens is 262 g/mol. The Morgan fingerprint density at radius 2 is 2.00 bits per heavy atom. The van der Waals surface area contributed by atoms with Crippen LogP contribution in [0.15, 0.2) is 0 Å². The molecular formula is C18H35NO2. The number of nitrogens with one attached hydrogen (secondary N) is 1. The maximum atomic E-state index is 6.24. The molecule has 5 unspecified atom stereocenters. The molecule has 3 nitrogen and oxygen atoms in total. The zero-order valence-corrected chi connectivity index (χ0v) is 14.4. The summed E-state index contributed by atoms with van der Waals surface area (Å²) in [5.74, 6) is 2.31. The lowest BCUT2D eigenvalue weighted by Gasteiger charge is -2.37. The average Bonchev–Trinajstić information content (AvgIpc) is 2.97. The van der Waals surface area contributed by atoms with Crippen molar-refractivity contribution in [1.82, 2.24) is 5.32 Å². The molecule has 0 aromatic heterocycles. The number of rotatable bonds is 7. The van der Waals surface area contributed by atoms with Crippen molar-refractivity contribution in [1.29, 1.82) is 0 Å². The quantitative estimate of drug-likeness (QED) is 0.728. The first kappa shape index (κ1) is 17.2. The van der Waals surface area contributed by atoms with Crippen molar-refractivity contribution >= 4 is 0 Å². The fourth-order valence-corrected chi connectivity index (χ4v) is 3.93. The predicted molar refractivity (Wildman–Crippen MR) is 87.5 cm³/mol. The van der Waals surface area contributed by atoms with E-state index in [1.165, 1.54) is 32.1 Å². The molecule has 21 heavy (non-hydrogen) atoms. The zero-order valence-electron chi connectivity index (χ0n) is 14.4. The Bertz CT molecular complexity index is 289. The van der Waals surface area contributed by atoms with Gasteiger partial charge in [-0.25, -0.2) is 0 Å². The van der Waals surface area contributed by atoms with Crippen LogP contribution < -0.4 is 5.32 Å². The lowest BCUT2D eigenvalue weighted by Crippen LogP contribution is -2.40. The average molecular weight is 297 g/mol. The van der Waals surface area contributed by atoms with Crippen molar-refractivity contribution in [2.45, 2.75) is 78.0 Å². The van der Waals surface area contributed by atoms with Gasteiger partial charge in [0.05, 0.1) is 18.8 Å². The highest BCUT2D eigenvalue weighted by Gasteiger charge is 2.31. The molecule has 0 aromatic carbocycles. The lowest BCUT2D eigenvalue weighted by atomic mass is 9.75. The second kappa shape index (κ2) is 8.50. The SMILES string of the molecule is CC1CCC(C(C)C)C(OCCNC(C)C2CCCO2)C1. The number of hydrogen-bond acceptors (Lipinski definition) is 3. The molecule has 0 bridgehead atoms. The van der Waals surface area contributed by atoms with Crippen LogP contribution in [-0.4, -0.2) is 38.0 Å².